The molecule has 0 bridgehead atoms. The third-order valence-corrected chi connectivity index (χ3v) is 5.06. The SMILES string of the molecule is Cc1nc(C)c(C(C)N(C)C(=O)CNC(=O)c2cc(F)cc(F)c2)s1. The number of nitrogens with zero attached hydrogens (tertiary/aromatic N) is 2. The maximum Gasteiger partial charge on any atom is 0.251 e. The number of rotatable bonds is 5. The average molecular weight is 367 g/mol. The van der Waals surface area contributed by atoms with Gasteiger partial charge in [-0.15, -0.1) is 11.3 Å². The fraction of sp³-hybridized carbons (Fsp3) is 0.353. The number of carbonyl (C=O) groups excluding carboxylic acids is 2. The third kappa shape index (κ3) is 4.60. The Morgan fingerprint density at radius 1 is 1.24 bits per heavy atom. The van der Waals surface area contributed by atoms with E-state index in [1.807, 2.05) is 20.8 Å². The molecule has 25 heavy (non-hydrogen) atoms. The smallest absolute Gasteiger partial charge is 0.251 e. The van der Waals surface area contributed by atoms with E-state index in [1.54, 1.807) is 7.05 Å². The van der Waals surface area contributed by atoms with Crippen LogP contribution in [0.1, 0.15) is 38.9 Å². The monoisotopic (exact) mass is 367 g/mol. The van der Waals surface area contributed by atoms with Crippen molar-refractivity contribution >= 4 is 23.2 Å². The molecule has 8 heteroatoms. The van der Waals surface area contributed by atoms with E-state index in [0.717, 1.165) is 27.7 Å². The number of likely N-dealkylation sites (N-methyl/N-ethyl adjacent to an activating group) is 1. The van der Waals surface area contributed by atoms with Gasteiger partial charge in [-0.3, -0.25) is 9.59 Å². The number of hydrogen-bond acceptors (Lipinski definition) is 4. The summed E-state index contributed by atoms with van der Waals surface area (Å²) in [5.74, 6) is -2.72. The molecule has 2 amide bonds. The molecule has 0 spiro atoms. The Hall–Kier alpha value is -2.35. The highest BCUT2D eigenvalue weighted by Gasteiger charge is 2.22. The molecule has 0 aliphatic carbocycles. The molecule has 5 nitrogen and oxygen atoms in total. The van der Waals surface area contributed by atoms with Gasteiger partial charge in [0.1, 0.15) is 11.6 Å². The normalized spacial score (nSPS) is 11.9. The van der Waals surface area contributed by atoms with Gasteiger partial charge in [0.15, 0.2) is 0 Å². The Morgan fingerprint density at radius 3 is 2.36 bits per heavy atom. The number of amides is 2. The van der Waals surface area contributed by atoms with Crippen LogP contribution in [0, 0.1) is 25.5 Å². The zero-order valence-corrected chi connectivity index (χ0v) is 15.2. The zero-order chi connectivity index (χ0) is 18.7. The minimum Gasteiger partial charge on any atom is -0.343 e. The first-order chi connectivity index (χ1) is 11.7. The molecule has 1 aromatic carbocycles. The Balaban J connectivity index is 1.99. The van der Waals surface area contributed by atoms with Gasteiger partial charge < -0.3 is 10.2 Å². The highest BCUT2D eigenvalue weighted by molar-refractivity contribution is 7.11. The molecule has 0 radical (unpaired) electrons. The summed E-state index contributed by atoms with van der Waals surface area (Å²) < 4.78 is 26.3. The third-order valence-electron chi connectivity index (χ3n) is 3.82. The van der Waals surface area contributed by atoms with Crippen LogP contribution in [0.2, 0.25) is 0 Å². The molecule has 0 fully saturated rings. The highest BCUT2D eigenvalue weighted by atomic mass is 32.1. The van der Waals surface area contributed by atoms with E-state index in [-0.39, 0.29) is 24.1 Å². The Bertz CT molecular complexity index is 787. The van der Waals surface area contributed by atoms with Gasteiger partial charge in [0, 0.05) is 23.6 Å². The Kier molecular flexibility index (Phi) is 5.84. The molecule has 1 aromatic heterocycles. The van der Waals surface area contributed by atoms with Gasteiger partial charge in [0.05, 0.1) is 23.3 Å². The van der Waals surface area contributed by atoms with Crippen molar-refractivity contribution in [3.63, 3.8) is 0 Å². The standard InChI is InChI=1S/C17H19F2N3O2S/c1-9-16(25-11(3)21-9)10(2)22(4)15(23)8-20-17(24)12-5-13(18)7-14(19)6-12/h5-7,10H,8H2,1-4H3,(H,20,24). The summed E-state index contributed by atoms with van der Waals surface area (Å²) >= 11 is 1.52. The molecule has 134 valence electrons. The largest absolute Gasteiger partial charge is 0.343 e. The number of carbonyl (C=O) groups is 2. The minimum absolute atomic E-state index is 0.171. The summed E-state index contributed by atoms with van der Waals surface area (Å²) in [5, 5.41) is 3.30. The van der Waals surface area contributed by atoms with Crippen LogP contribution in [0.3, 0.4) is 0 Å². The van der Waals surface area contributed by atoms with Gasteiger partial charge in [0.2, 0.25) is 5.91 Å². The van der Waals surface area contributed by atoms with Crippen LogP contribution in [-0.2, 0) is 4.79 Å². The summed E-state index contributed by atoms with van der Waals surface area (Å²) in [5.41, 5.74) is 0.698. The van der Waals surface area contributed by atoms with Crippen molar-refractivity contribution in [1.82, 2.24) is 15.2 Å². The maximum absolute atomic E-state index is 13.1. The van der Waals surface area contributed by atoms with Crippen LogP contribution in [0.15, 0.2) is 18.2 Å². The van der Waals surface area contributed by atoms with E-state index in [4.69, 9.17) is 0 Å². The summed E-state index contributed by atoms with van der Waals surface area (Å²) in [7, 11) is 1.63. The molecule has 1 heterocycles. The average Bonchev–Trinajstić information content (AvgIpc) is 2.88. The number of aromatic nitrogens is 1. The fourth-order valence-corrected chi connectivity index (χ4v) is 3.42. The van der Waals surface area contributed by atoms with E-state index in [1.165, 1.54) is 16.2 Å². The Labute approximate surface area is 148 Å². The topological polar surface area (TPSA) is 62.3 Å². The summed E-state index contributed by atoms with van der Waals surface area (Å²) in [4.78, 5) is 31.1. The first kappa shape index (κ1) is 19.0. The van der Waals surface area contributed by atoms with E-state index < -0.39 is 17.5 Å². The second-order valence-corrected chi connectivity index (χ2v) is 6.94. The molecule has 0 saturated heterocycles. The fourth-order valence-electron chi connectivity index (χ4n) is 2.39. The van der Waals surface area contributed by atoms with Crippen molar-refractivity contribution in [2.75, 3.05) is 13.6 Å². The van der Waals surface area contributed by atoms with Crippen LogP contribution in [0.25, 0.3) is 0 Å². The lowest BCUT2D eigenvalue weighted by molar-refractivity contribution is -0.130. The number of halogens is 2. The number of thiazole rings is 1. The molecule has 2 aromatic rings. The van der Waals surface area contributed by atoms with E-state index in [0.29, 0.717) is 6.07 Å². The van der Waals surface area contributed by atoms with Crippen molar-refractivity contribution in [2.45, 2.75) is 26.8 Å². The molecule has 1 atom stereocenters. The van der Waals surface area contributed by atoms with Gasteiger partial charge in [0.25, 0.3) is 5.91 Å². The van der Waals surface area contributed by atoms with Crippen LogP contribution >= 0.6 is 11.3 Å². The second kappa shape index (κ2) is 7.69. The molecule has 0 aliphatic heterocycles. The number of hydrogen-bond donors (Lipinski definition) is 1. The Morgan fingerprint density at radius 2 is 1.84 bits per heavy atom. The van der Waals surface area contributed by atoms with Crippen molar-refractivity contribution in [3.8, 4) is 0 Å². The summed E-state index contributed by atoms with van der Waals surface area (Å²) in [6.45, 7) is 5.39. The summed E-state index contributed by atoms with van der Waals surface area (Å²) in [6, 6.07) is 2.32. The lowest BCUT2D eigenvalue weighted by Crippen LogP contribution is -2.39. The van der Waals surface area contributed by atoms with Crippen molar-refractivity contribution in [3.05, 3.63) is 51.0 Å². The van der Waals surface area contributed by atoms with E-state index >= 15 is 0 Å². The van der Waals surface area contributed by atoms with Crippen LogP contribution in [0.4, 0.5) is 8.78 Å². The van der Waals surface area contributed by atoms with Crippen LogP contribution < -0.4 is 5.32 Å². The number of aryl methyl sites for hydroxylation is 2. The van der Waals surface area contributed by atoms with Crippen LogP contribution in [-0.4, -0.2) is 35.3 Å². The maximum atomic E-state index is 13.1. The first-order valence-electron chi connectivity index (χ1n) is 7.63. The summed E-state index contributed by atoms with van der Waals surface area (Å²) in [6.07, 6.45) is 0. The van der Waals surface area contributed by atoms with Crippen LogP contribution in [0.5, 0.6) is 0 Å². The van der Waals surface area contributed by atoms with Gasteiger partial charge in [-0.25, -0.2) is 13.8 Å². The lowest BCUT2D eigenvalue weighted by atomic mass is 10.2. The number of benzene rings is 1. The molecule has 1 N–H and O–H groups in total. The van der Waals surface area contributed by atoms with Gasteiger partial charge in [-0.1, -0.05) is 0 Å². The van der Waals surface area contributed by atoms with Crippen molar-refractivity contribution in [1.29, 1.82) is 0 Å². The van der Waals surface area contributed by atoms with Gasteiger partial charge in [-0.2, -0.15) is 0 Å². The molecular formula is C17H19F2N3O2S. The first-order valence-corrected chi connectivity index (χ1v) is 8.44. The lowest BCUT2D eigenvalue weighted by Gasteiger charge is -2.24. The van der Waals surface area contributed by atoms with Crippen molar-refractivity contribution < 1.29 is 18.4 Å². The predicted octanol–water partition coefficient (Wildman–Crippen LogP) is 2.99. The molecule has 0 saturated carbocycles. The predicted molar refractivity (Wildman–Crippen MR) is 91.5 cm³/mol. The van der Waals surface area contributed by atoms with E-state index in [2.05, 4.69) is 10.3 Å². The minimum atomic E-state index is -0.849. The van der Waals surface area contributed by atoms with E-state index in [9.17, 15) is 18.4 Å². The van der Waals surface area contributed by atoms with Crippen molar-refractivity contribution in [2.24, 2.45) is 0 Å². The molecule has 0 aliphatic rings. The highest BCUT2D eigenvalue weighted by Crippen LogP contribution is 2.28. The molecule has 1 unspecified atom stereocenters. The van der Waals surface area contributed by atoms with Gasteiger partial charge >= 0.3 is 0 Å². The molecule has 2 rings (SSSR count). The zero-order valence-electron chi connectivity index (χ0n) is 14.4. The molecular weight excluding hydrogens is 348 g/mol. The number of nitrogens with one attached hydrogen (secondary N) is 1. The van der Waals surface area contributed by atoms with Gasteiger partial charge in [-0.05, 0) is 32.9 Å². The quantitative estimate of drug-likeness (QED) is 0.884. The second-order valence-electron chi connectivity index (χ2n) is 5.70.